The SMILES string of the molecule is Cn1ccnc(NC[C@H]2CN(Cc3cccc4c3OCO4)CCO2)c1=O. The van der Waals surface area contributed by atoms with Crippen LogP contribution in [0.5, 0.6) is 11.5 Å². The van der Waals surface area contributed by atoms with Crippen LogP contribution < -0.4 is 20.3 Å². The summed E-state index contributed by atoms with van der Waals surface area (Å²) in [6.07, 6.45) is 3.23. The Morgan fingerprint density at radius 2 is 2.27 bits per heavy atom. The van der Waals surface area contributed by atoms with Crippen LogP contribution in [0.3, 0.4) is 0 Å². The summed E-state index contributed by atoms with van der Waals surface area (Å²) in [6.45, 7) is 3.87. The lowest BCUT2D eigenvalue weighted by atomic mass is 10.1. The number of hydrogen-bond acceptors (Lipinski definition) is 7. The minimum absolute atomic E-state index is 0.00982. The molecule has 1 aromatic carbocycles. The Bertz CT molecular complexity index is 838. The molecule has 8 nitrogen and oxygen atoms in total. The number of anilines is 1. The molecule has 0 spiro atoms. The van der Waals surface area contributed by atoms with Crippen LogP contribution in [0.4, 0.5) is 5.82 Å². The normalized spacial score (nSPS) is 19.5. The Labute approximate surface area is 151 Å². The average molecular weight is 358 g/mol. The second-order valence-electron chi connectivity index (χ2n) is 6.45. The lowest BCUT2D eigenvalue weighted by Crippen LogP contribution is -2.45. The number of nitrogens with one attached hydrogen (secondary N) is 1. The molecule has 1 atom stereocenters. The first-order chi connectivity index (χ1) is 12.7. The van der Waals surface area contributed by atoms with Gasteiger partial charge in [0, 0.05) is 51.2 Å². The topological polar surface area (TPSA) is 77.9 Å². The van der Waals surface area contributed by atoms with Gasteiger partial charge in [-0.1, -0.05) is 12.1 Å². The fraction of sp³-hybridized carbons (Fsp3) is 0.444. The fourth-order valence-electron chi connectivity index (χ4n) is 3.23. The summed E-state index contributed by atoms with van der Waals surface area (Å²) in [5.74, 6) is 1.99. The van der Waals surface area contributed by atoms with Crippen molar-refractivity contribution in [1.82, 2.24) is 14.5 Å². The van der Waals surface area contributed by atoms with E-state index in [9.17, 15) is 4.79 Å². The zero-order valence-electron chi connectivity index (χ0n) is 14.7. The molecule has 1 aromatic heterocycles. The molecule has 1 fully saturated rings. The van der Waals surface area contributed by atoms with Crippen LogP contribution in [0.15, 0.2) is 35.4 Å². The van der Waals surface area contributed by atoms with Gasteiger partial charge in [-0.3, -0.25) is 9.69 Å². The molecule has 0 unspecified atom stereocenters. The van der Waals surface area contributed by atoms with E-state index >= 15 is 0 Å². The van der Waals surface area contributed by atoms with Gasteiger partial charge in [0.2, 0.25) is 6.79 Å². The molecule has 2 aromatic rings. The Kier molecular flexibility index (Phi) is 4.77. The van der Waals surface area contributed by atoms with E-state index < -0.39 is 0 Å². The Balaban J connectivity index is 1.37. The zero-order valence-corrected chi connectivity index (χ0v) is 14.7. The standard InChI is InChI=1S/C18H22N4O4/c1-21-6-5-19-17(18(21)23)20-9-14-11-22(7-8-24-14)10-13-3-2-4-15-16(13)26-12-25-15/h2-6,14H,7-12H2,1H3,(H,19,20)/t14-/m0/s1. The number of morpholine rings is 1. The summed E-state index contributed by atoms with van der Waals surface area (Å²) in [6, 6.07) is 5.97. The van der Waals surface area contributed by atoms with Crippen molar-refractivity contribution in [3.63, 3.8) is 0 Å². The summed E-state index contributed by atoms with van der Waals surface area (Å²) in [7, 11) is 1.71. The predicted octanol–water partition coefficient (Wildman–Crippen LogP) is 0.822. The molecule has 0 aliphatic carbocycles. The molecule has 138 valence electrons. The van der Waals surface area contributed by atoms with E-state index in [0.29, 0.717) is 19.0 Å². The van der Waals surface area contributed by atoms with Crippen molar-refractivity contribution in [3.8, 4) is 11.5 Å². The molecule has 4 rings (SSSR count). The highest BCUT2D eigenvalue weighted by molar-refractivity contribution is 5.48. The molecule has 1 N–H and O–H groups in total. The van der Waals surface area contributed by atoms with Crippen LogP contribution in [-0.2, 0) is 18.3 Å². The summed E-state index contributed by atoms with van der Waals surface area (Å²) >= 11 is 0. The third-order valence-corrected chi connectivity index (χ3v) is 4.61. The summed E-state index contributed by atoms with van der Waals surface area (Å²) in [4.78, 5) is 18.4. The fourth-order valence-corrected chi connectivity index (χ4v) is 3.23. The van der Waals surface area contributed by atoms with Crippen molar-refractivity contribution in [2.45, 2.75) is 12.6 Å². The number of aromatic nitrogens is 2. The van der Waals surface area contributed by atoms with Crippen LogP contribution in [0.25, 0.3) is 0 Å². The van der Waals surface area contributed by atoms with Gasteiger partial charge in [0.15, 0.2) is 17.3 Å². The van der Waals surface area contributed by atoms with Crippen molar-refractivity contribution < 1.29 is 14.2 Å². The maximum atomic E-state index is 12.0. The number of aryl methyl sites for hydroxylation is 1. The molecule has 8 heteroatoms. The van der Waals surface area contributed by atoms with Crippen molar-refractivity contribution >= 4 is 5.82 Å². The molecule has 2 aliphatic rings. The van der Waals surface area contributed by atoms with Gasteiger partial charge in [-0.15, -0.1) is 0 Å². The second-order valence-corrected chi connectivity index (χ2v) is 6.45. The smallest absolute Gasteiger partial charge is 0.293 e. The third kappa shape index (κ3) is 3.51. The van der Waals surface area contributed by atoms with Gasteiger partial charge in [0.25, 0.3) is 5.56 Å². The molecular formula is C18H22N4O4. The first kappa shape index (κ1) is 16.9. The number of ether oxygens (including phenoxy) is 3. The van der Waals surface area contributed by atoms with E-state index in [1.54, 1.807) is 19.4 Å². The molecule has 0 radical (unpaired) electrons. The molecular weight excluding hydrogens is 336 g/mol. The van der Waals surface area contributed by atoms with Crippen molar-refractivity contribution in [2.75, 3.05) is 38.4 Å². The highest BCUT2D eigenvalue weighted by Crippen LogP contribution is 2.36. The molecule has 2 aliphatic heterocycles. The quantitative estimate of drug-likeness (QED) is 0.848. The predicted molar refractivity (Wildman–Crippen MR) is 95.5 cm³/mol. The monoisotopic (exact) mass is 358 g/mol. The van der Waals surface area contributed by atoms with E-state index in [-0.39, 0.29) is 18.5 Å². The van der Waals surface area contributed by atoms with Gasteiger partial charge >= 0.3 is 0 Å². The highest BCUT2D eigenvalue weighted by atomic mass is 16.7. The van der Waals surface area contributed by atoms with Gasteiger partial charge in [0.1, 0.15) is 0 Å². The van der Waals surface area contributed by atoms with Gasteiger partial charge in [-0.25, -0.2) is 4.98 Å². The molecule has 26 heavy (non-hydrogen) atoms. The number of hydrogen-bond donors (Lipinski definition) is 1. The highest BCUT2D eigenvalue weighted by Gasteiger charge is 2.24. The maximum Gasteiger partial charge on any atom is 0.293 e. The van der Waals surface area contributed by atoms with Crippen LogP contribution in [-0.4, -0.2) is 53.6 Å². The number of nitrogens with zero attached hydrogens (tertiary/aromatic N) is 3. The first-order valence-corrected chi connectivity index (χ1v) is 8.67. The molecule has 0 saturated carbocycles. The zero-order chi connectivity index (χ0) is 17.9. The van der Waals surface area contributed by atoms with Crippen LogP contribution in [0.1, 0.15) is 5.56 Å². The summed E-state index contributed by atoms with van der Waals surface area (Å²) in [5, 5.41) is 3.11. The minimum atomic E-state index is -0.142. The van der Waals surface area contributed by atoms with Gasteiger partial charge < -0.3 is 24.1 Å². The molecule has 0 amide bonds. The Morgan fingerprint density at radius 1 is 1.35 bits per heavy atom. The Morgan fingerprint density at radius 3 is 3.19 bits per heavy atom. The minimum Gasteiger partial charge on any atom is -0.454 e. The molecule has 1 saturated heterocycles. The molecule has 3 heterocycles. The number of para-hydroxylation sites is 1. The molecule has 0 bridgehead atoms. The largest absolute Gasteiger partial charge is 0.454 e. The van der Waals surface area contributed by atoms with Crippen LogP contribution in [0, 0.1) is 0 Å². The summed E-state index contributed by atoms with van der Waals surface area (Å²) in [5.41, 5.74) is 0.976. The van der Waals surface area contributed by atoms with Crippen molar-refractivity contribution in [3.05, 3.63) is 46.5 Å². The van der Waals surface area contributed by atoms with E-state index in [1.807, 2.05) is 12.1 Å². The lowest BCUT2D eigenvalue weighted by Gasteiger charge is -2.33. The van der Waals surface area contributed by atoms with Crippen molar-refractivity contribution in [1.29, 1.82) is 0 Å². The van der Waals surface area contributed by atoms with Crippen LogP contribution in [0.2, 0.25) is 0 Å². The average Bonchev–Trinajstić information content (AvgIpc) is 3.13. The number of rotatable bonds is 5. The van der Waals surface area contributed by atoms with Crippen molar-refractivity contribution in [2.24, 2.45) is 7.05 Å². The van der Waals surface area contributed by atoms with E-state index in [1.165, 1.54) is 4.57 Å². The lowest BCUT2D eigenvalue weighted by molar-refractivity contribution is -0.0242. The van der Waals surface area contributed by atoms with Crippen LogP contribution >= 0.6 is 0 Å². The maximum absolute atomic E-state index is 12.0. The number of fused-ring (bicyclic) bond motifs is 1. The van der Waals surface area contributed by atoms with Gasteiger partial charge in [-0.2, -0.15) is 0 Å². The summed E-state index contributed by atoms with van der Waals surface area (Å²) < 4.78 is 18.4. The first-order valence-electron chi connectivity index (χ1n) is 8.67. The number of benzene rings is 1. The van der Waals surface area contributed by atoms with E-state index in [4.69, 9.17) is 14.2 Å². The second kappa shape index (κ2) is 7.35. The van der Waals surface area contributed by atoms with Gasteiger partial charge in [-0.05, 0) is 6.07 Å². The van der Waals surface area contributed by atoms with E-state index in [0.717, 1.165) is 36.7 Å². The third-order valence-electron chi connectivity index (χ3n) is 4.61. The van der Waals surface area contributed by atoms with Gasteiger partial charge in [0.05, 0.1) is 12.7 Å². The Hall–Kier alpha value is -2.58. The van der Waals surface area contributed by atoms with E-state index in [2.05, 4.69) is 21.3 Å².